The largest absolute Gasteiger partial charge is 0.416 e. The Labute approximate surface area is 118 Å². The summed E-state index contributed by atoms with van der Waals surface area (Å²) in [6.07, 6.45) is -4.91. The third kappa shape index (κ3) is 4.05. The molecule has 0 aromatic heterocycles. The molecule has 1 aliphatic rings. The van der Waals surface area contributed by atoms with E-state index in [1.54, 1.807) is 0 Å². The summed E-state index contributed by atoms with van der Waals surface area (Å²) in [7, 11) is 0. The Morgan fingerprint density at radius 1 is 1.38 bits per heavy atom. The van der Waals surface area contributed by atoms with E-state index in [1.165, 1.54) is 0 Å². The van der Waals surface area contributed by atoms with Gasteiger partial charge in [-0.3, -0.25) is 10.1 Å². The minimum atomic E-state index is -4.62. The third-order valence-corrected chi connectivity index (χ3v) is 2.93. The molecule has 1 aromatic rings. The molecule has 0 saturated carbocycles. The maximum Gasteiger partial charge on any atom is 0.416 e. The van der Waals surface area contributed by atoms with E-state index in [0.717, 1.165) is 12.1 Å². The molecule has 6 nitrogen and oxygen atoms in total. The van der Waals surface area contributed by atoms with Gasteiger partial charge in [-0.2, -0.15) is 13.2 Å². The quantitative estimate of drug-likeness (QED) is 0.683. The van der Waals surface area contributed by atoms with Crippen molar-refractivity contribution in [2.24, 2.45) is 0 Å². The highest BCUT2D eigenvalue weighted by Gasteiger charge is 2.33. The Morgan fingerprint density at radius 3 is 2.71 bits per heavy atom. The van der Waals surface area contributed by atoms with E-state index in [1.807, 2.05) is 0 Å². The van der Waals surface area contributed by atoms with Crippen LogP contribution in [0.4, 0.5) is 24.5 Å². The molecule has 1 fully saturated rings. The highest BCUT2D eigenvalue weighted by molar-refractivity contribution is 5.63. The summed E-state index contributed by atoms with van der Waals surface area (Å²) in [5.74, 6) is 0. The van der Waals surface area contributed by atoms with Gasteiger partial charge in [0, 0.05) is 12.6 Å². The minimum absolute atomic E-state index is 0.0159. The molecule has 1 aliphatic heterocycles. The molecule has 9 heteroatoms. The van der Waals surface area contributed by atoms with E-state index in [-0.39, 0.29) is 18.3 Å². The molecule has 1 N–H and O–H groups in total. The topological polar surface area (TPSA) is 73.6 Å². The predicted molar refractivity (Wildman–Crippen MR) is 67.1 cm³/mol. The molecule has 0 radical (unpaired) electrons. The summed E-state index contributed by atoms with van der Waals surface area (Å²) < 4.78 is 48.2. The Morgan fingerprint density at radius 2 is 2.14 bits per heavy atom. The van der Waals surface area contributed by atoms with Crippen molar-refractivity contribution < 1.29 is 27.6 Å². The second kappa shape index (κ2) is 6.27. The van der Waals surface area contributed by atoms with Crippen LogP contribution in [0.3, 0.4) is 0 Å². The number of nitrogens with zero attached hydrogens (tertiary/aromatic N) is 1. The van der Waals surface area contributed by atoms with Gasteiger partial charge >= 0.3 is 6.18 Å². The number of hydrogen-bond acceptors (Lipinski definition) is 5. The molecule has 2 rings (SSSR count). The summed E-state index contributed by atoms with van der Waals surface area (Å²) in [5.41, 5.74) is -1.67. The van der Waals surface area contributed by atoms with Crippen LogP contribution in [0.25, 0.3) is 0 Å². The fraction of sp³-hybridized carbons (Fsp3) is 0.500. The average Bonchev–Trinajstić information content (AvgIpc) is 2.45. The Bertz CT molecular complexity index is 516. The van der Waals surface area contributed by atoms with E-state index >= 15 is 0 Å². The van der Waals surface area contributed by atoms with Gasteiger partial charge in [-0.05, 0) is 12.1 Å². The van der Waals surface area contributed by atoms with Crippen molar-refractivity contribution in [2.75, 3.05) is 31.7 Å². The van der Waals surface area contributed by atoms with Crippen molar-refractivity contribution in [1.29, 1.82) is 0 Å². The van der Waals surface area contributed by atoms with Crippen LogP contribution in [0.2, 0.25) is 0 Å². The Kier molecular flexibility index (Phi) is 4.63. The number of hydrogen-bond donors (Lipinski definition) is 1. The summed E-state index contributed by atoms with van der Waals surface area (Å²) in [4.78, 5) is 10.0. The van der Waals surface area contributed by atoms with Gasteiger partial charge in [0.2, 0.25) is 0 Å². The van der Waals surface area contributed by atoms with Gasteiger partial charge in [0.25, 0.3) is 5.69 Å². The monoisotopic (exact) mass is 306 g/mol. The number of nitro groups is 1. The van der Waals surface area contributed by atoms with E-state index < -0.39 is 22.4 Å². The van der Waals surface area contributed by atoms with E-state index in [9.17, 15) is 23.3 Å². The number of alkyl halides is 3. The van der Waals surface area contributed by atoms with E-state index in [4.69, 9.17) is 9.47 Å². The summed E-state index contributed by atoms with van der Waals surface area (Å²) >= 11 is 0. The summed E-state index contributed by atoms with van der Waals surface area (Å²) in [5, 5.41) is 13.6. The molecule has 116 valence electrons. The number of ether oxygens (including phenoxy) is 2. The van der Waals surface area contributed by atoms with Crippen LogP contribution in [-0.2, 0) is 15.7 Å². The molecule has 0 amide bonds. The van der Waals surface area contributed by atoms with E-state index in [2.05, 4.69) is 5.32 Å². The predicted octanol–water partition coefficient (Wildman–Crippen LogP) is 2.44. The molecule has 1 heterocycles. The molecular weight excluding hydrogens is 293 g/mol. The van der Waals surface area contributed by atoms with Gasteiger partial charge in [0.15, 0.2) is 0 Å². The van der Waals surface area contributed by atoms with Crippen LogP contribution in [0, 0.1) is 10.1 Å². The van der Waals surface area contributed by atoms with Gasteiger partial charge in [0.05, 0.1) is 36.4 Å². The second-order valence-electron chi connectivity index (χ2n) is 4.44. The summed E-state index contributed by atoms with van der Waals surface area (Å²) in [6.45, 7) is 1.45. The first-order chi connectivity index (χ1) is 9.88. The maximum absolute atomic E-state index is 12.6. The smallest absolute Gasteiger partial charge is 0.377 e. The van der Waals surface area contributed by atoms with Crippen LogP contribution in [0.15, 0.2) is 18.2 Å². The highest BCUT2D eigenvalue weighted by atomic mass is 19.4. The van der Waals surface area contributed by atoms with Crippen LogP contribution >= 0.6 is 0 Å². The fourth-order valence-corrected chi connectivity index (χ4v) is 1.89. The first kappa shape index (κ1) is 15.5. The van der Waals surface area contributed by atoms with Crippen molar-refractivity contribution >= 4 is 11.4 Å². The molecule has 0 spiro atoms. The second-order valence-corrected chi connectivity index (χ2v) is 4.44. The van der Waals surface area contributed by atoms with Gasteiger partial charge in [-0.25, -0.2) is 0 Å². The van der Waals surface area contributed by atoms with Gasteiger partial charge in [-0.1, -0.05) is 0 Å². The molecule has 1 unspecified atom stereocenters. The van der Waals surface area contributed by atoms with Crippen molar-refractivity contribution in [3.63, 3.8) is 0 Å². The minimum Gasteiger partial charge on any atom is -0.377 e. The Hall–Kier alpha value is -1.87. The van der Waals surface area contributed by atoms with Crippen LogP contribution < -0.4 is 5.32 Å². The molecule has 21 heavy (non-hydrogen) atoms. The van der Waals surface area contributed by atoms with Crippen LogP contribution in [-0.4, -0.2) is 37.4 Å². The standard InChI is InChI=1S/C12H13F3N2O4/c13-12(14,15)8-1-2-10(11(5-8)17(18)19)16-6-9-7-20-3-4-21-9/h1-2,5,9,16H,3-4,6-7H2. The fourth-order valence-electron chi connectivity index (χ4n) is 1.89. The number of anilines is 1. The zero-order valence-corrected chi connectivity index (χ0v) is 10.9. The van der Waals surface area contributed by atoms with Crippen molar-refractivity contribution in [3.05, 3.63) is 33.9 Å². The summed E-state index contributed by atoms with van der Waals surface area (Å²) in [6, 6.07) is 2.36. The lowest BCUT2D eigenvalue weighted by Gasteiger charge is -2.23. The SMILES string of the molecule is O=[N+]([O-])c1cc(C(F)(F)F)ccc1NCC1COCCO1. The lowest BCUT2D eigenvalue weighted by Crippen LogP contribution is -2.34. The van der Waals surface area contributed by atoms with Crippen molar-refractivity contribution in [1.82, 2.24) is 0 Å². The molecule has 0 bridgehead atoms. The lowest BCUT2D eigenvalue weighted by molar-refractivity contribution is -0.384. The zero-order chi connectivity index (χ0) is 15.5. The third-order valence-electron chi connectivity index (χ3n) is 2.93. The first-order valence-corrected chi connectivity index (χ1v) is 6.17. The number of nitrogens with one attached hydrogen (secondary N) is 1. The number of halogens is 3. The van der Waals surface area contributed by atoms with Gasteiger partial charge in [0.1, 0.15) is 5.69 Å². The molecule has 1 atom stereocenters. The number of rotatable bonds is 4. The van der Waals surface area contributed by atoms with Crippen molar-refractivity contribution in [2.45, 2.75) is 12.3 Å². The number of benzene rings is 1. The highest BCUT2D eigenvalue weighted by Crippen LogP contribution is 2.34. The normalized spacial score (nSPS) is 19.3. The average molecular weight is 306 g/mol. The van der Waals surface area contributed by atoms with Crippen LogP contribution in [0.1, 0.15) is 5.56 Å². The first-order valence-electron chi connectivity index (χ1n) is 6.17. The van der Waals surface area contributed by atoms with Crippen LogP contribution in [0.5, 0.6) is 0 Å². The molecule has 1 aromatic carbocycles. The lowest BCUT2D eigenvalue weighted by atomic mass is 10.1. The number of nitro benzene ring substituents is 1. The molecular formula is C12H13F3N2O4. The van der Waals surface area contributed by atoms with Gasteiger partial charge < -0.3 is 14.8 Å². The van der Waals surface area contributed by atoms with Gasteiger partial charge in [-0.15, -0.1) is 0 Å². The zero-order valence-electron chi connectivity index (χ0n) is 10.9. The molecule has 0 aliphatic carbocycles. The Balaban J connectivity index is 2.12. The van der Waals surface area contributed by atoms with E-state index in [0.29, 0.717) is 25.9 Å². The van der Waals surface area contributed by atoms with Crippen molar-refractivity contribution in [3.8, 4) is 0 Å². The maximum atomic E-state index is 12.6. The molecule has 1 saturated heterocycles.